The summed E-state index contributed by atoms with van der Waals surface area (Å²) in [5.74, 6) is 1.39. The third-order valence-corrected chi connectivity index (χ3v) is 3.60. The zero-order valence-electron chi connectivity index (χ0n) is 8.96. The molecule has 0 N–H and O–H groups in total. The normalized spacial score (nSPS) is 35.2. The van der Waals surface area contributed by atoms with E-state index in [2.05, 4.69) is 51.8 Å². The molecule has 1 aliphatic rings. The van der Waals surface area contributed by atoms with Crippen molar-refractivity contribution in [3.8, 4) is 0 Å². The topological polar surface area (TPSA) is 3.24 Å². The lowest BCUT2D eigenvalue weighted by atomic mass is 9.78. The number of nitrogens with zero attached hydrogens (tertiary/aromatic N) is 1. The first-order valence-electron chi connectivity index (χ1n) is 4.98. The zero-order valence-corrected chi connectivity index (χ0v) is 8.96. The van der Waals surface area contributed by atoms with E-state index in [0.29, 0.717) is 17.4 Å². The summed E-state index contributed by atoms with van der Waals surface area (Å²) < 4.78 is 0. The fourth-order valence-corrected chi connectivity index (χ4v) is 2.15. The van der Waals surface area contributed by atoms with Crippen molar-refractivity contribution in [2.45, 2.75) is 40.2 Å². The molecule has 1 rings (SSSR count). The van der Waals surface area contributed by atoms with Gasteiger partial charge in [-0.05, 0) is 31.9 Å². The quantitative estimate of drug-likeness (QED) is 0.611. The number of rotatable bonds is 2. The highest BCUT2D eigenvalue weighted by Gasteiger charge is 2.40. The fraction of sp³-hybridized carbons (Fsp3) is 0.818. The van der Waals surface area contributed by atoms with Crippen molar-refractivity contribution in [3.05, 3.63) is 12.3 Å². The van der Waals surface area contributed by atoms with Crippen LogP contribution in [0.2, 0.25) is 0 Å². The van der Waals surface area contributed by atoms with Crippen molar-refractivity contribution in [2.24, 2.45) is 11.8 Å². The summed E-state index contributed by atoms with van der Waals surface area (Å²) in [7, 11) is 0. The predicted molar refractivity (Wildman–Crippen MR) is 53.9 cm³/mol. The van der Waals surface area contributed by atoms with Crippen LogP contribution >= 0.6 is 0 Å². The van der Waals surface area contributed by atoms with E-state index in [1.807, 2.05) is 0 Å². The Bertz CT molecular complexity index is 183. The minimum absolute atomic E-state index is 0.342. The van der Waals surface area contributed by atoms with Crippen LogP contribution in [0.5, 0.6) is 0 Å². The van der Waals surface area contributed by atoms with Gasteiger partial charge in [0, 0.05) is 12.1 Å². The van der Waals surface area contributed by atoms with Gasteiger partial charge in [-0.25, -0.2) is 0 Å². The molecule has 0 aromatic rings. The van der Waals surface area contributed by atoms with Gasteiger partial charge in [0.2, 0.25) is 0 Å². The average Bonchev–Trinajstić information content (AvgIpc) is 2.30. The van der Waals surface area contributed by atoms with Crippen molar-refractivity contribution >= 4 is 0 Å². The number of hydrogen-bond donors (Lipinski definition) is 0. The van der Waals surface area contributed by atoms with E-state index in [4.69, 9.17) is 0 Å². The fourth-order valence-electron chi connectivity index (χ4n) is 2.15. The Balaban J connectivity index is 2.86. The van der Waals surface area contributed by atoms with E-state index in [1.54, 1.807) is 0 Å². The van der Waals surface area contributed by atoms with Crippen LogP contribution in [0.1, 0.15) is 34.6 Å². The molecule has 0 amide bonds. The monoisotopic (exact) mass is 167 g/mol. The second kappa shape index (κ2) is 3.12. The van der Waals surface area contributed by atoms with Gasteiger partial charge in [0.25, 0.3) is 0 Å². The Hall–Kier alpha value is -0.460. The lowest BCUT2D eigenvalue weighted by Gasteiger charge is -2.42. The summed E-state index contributed by atoms with van der Waals surface area (Å²) in [4.78, 5) is 2.46. The lowest BCUT2D eigenvalue weighted by Crippen LogP contribution is -2.48. The zero-order chi connectivity index (χ0) is 9.35. The van der Waals surface area contributed by atoms with Gasteiger partial charge in [-0.15, -0.1) is 0 Å². The summed E-state index contributed by atoms with van der Waals surface area (Å²) >= 11 is 0. The Labute approximate surface area is 76.5 Å². The van der Waals surface area contributed by atoms with Crippen molar-refractivity contribution < 1.29 is 0 Å². The summed E-state index contributed by atoms with van der Waals surface area (Å²) in [6.07, 6.45) is 4.58. The maximum Gasteiger partial charge on any atom is 0.0451 e. The molecule has 70 valence electrons. The van der Waals surface area contributed by atoms with Crippen LogP contribution in [-0.2, 0) is 0 Å². The SMILES string of the molecule is CCN1C=CC(C)[C@]1(C)C(C)C. The molecule has 0 aromatic heterocycles. The van der Waals surface area contributed by atoms with E-state index in [1.165, 1.54) is 0 Å². The van der Waals surface area contributed by atoms with Crippen LogP contribution in [0, 0.1) is 11.8 Å². The molecule has 12 heavy (non-hydrogen) atoms. The van der Waals surface area contributed by atoms with Crippen LogP contribution in [-0.4, -0.2) is 17.0 Å². The Morgan fingerprint density at radius 1 is 1.50 bits per heavy atom. The van der Waals surface area contributed by atoms with Gasteiger partial charge < -0.3 is 4.90 Å². The van der Waals surface area contributed by atoms with Crippen LogP contribution < -0.4 is 0 Å². The molecule has 0 fully saturated rings. The largest absolute Gasteiger partial charge is 0.372 e. The highest BCUT2D eigenvalue weighted by atomic mass is 15.2. The van der Waals surface area contributed by atoms with E-state index >= 15 is 0 Å². The maximum atomic E-state index is 2.46. The second-order valence-corrected chi connectivity index (χ2v) is 4.30. The first-order chi connectivity index (χ1) is 5.53. The highest BCUT2D eigenvalue weighted by molar-refractivity contribution is 5.11. The van der Waals surface area contributed by atoms with E-state index in [9.17, 15) is 0 Å². The van der Waals surface area contributed by atoms with Crippen LogP contribution in [0.3, 0.4) is 0 Å². The Kier molecular flexibility index (Phi) is 2.50. The molecule has 0 bridgehead atoms. The molecular formula is C11H21N. The highest BCUT2D eigenvalue weighted by Crippen LogP contribution is 2.37. The van der Waals surface area contributed by atoms with Gasteiger partial charge in [-0.1, -0.05) is 26.8 Å². The molecule has 0 aromatic carbocycles. The molecular weight excluding hydrogens is 146 g/mol. The molecule has 1 unspecified atom stereocenters. The molecule has 0 spiro atoms. The number of hydrogen-bond acceptors (Lipinski definition) is 1. The second-order valence-electron chi connectivity index (χ2n) is 4.30. The molecule has 0 aliphatic carbocycles. The molecule has 0 saturated carbocycles. The molecule has 2 atom stereocenters. The van der Waals surface area contributed by atoms with E-state index in [0.717, 1.165) is 6.54 Å². The van der Waals surface area contributed by atoms with Gasteiger partial charge in [-0.3, -0.25) is 0 Å². The third kappa shape index (κ3) is 1.16. The average molecular weight is 167 g/mol. The van der Waals surface area contributed by atoms with Crippen molar-refractivity contribution in [2.75, 3.05) is 6.54 Å². The molecule has 0 saturated heterocycles. The van der Waals surface area contributed by atoms with Gasteiger partial charge in [0.15, 0.2) is 0 Å². The summed E-state index contributed by atoms with van der Waals surface area (Å²) in [6, 6.07) is 0. The lowest BCUT2D eigenvalue weighted by molar-refractivity contribution is 0.0982. The summed E-state index contributed by atoms with van der Waals surface area (Å²) in [6.45, 7) is 12.6. The molecule has 1 aliphatic heterocycles. The van der Waals surface area contributed by atoms with Crippen LogP contribution in [0.25, 0.3) is 0 Å². The van der Waals surface area contributed by atoms with Gasteiger partial charge in [0.1, 0.15) is 0 Å². The standard InChI is InChI=1S/C11H21N/c1-6-12-8-7-10(4)11(12,5)9(2)3/h7-10H,6H2,1-5H3/t10?,11-/m0/s1. The minimum atomic E-state index is 0.342. The predicted octanol–water partition coefficient (Wildman–Crippen LogP) is 2.89. The Morgan fingerprint density at radius 2 is 2.08 bits per heavy atom. The molecule has 1 heterocycles. The van der Waals surface area contributed by atoms with Crippen LogP contribution in [0.15, 0.2) is 12.3 Å². The third-order valence-electron chi connectivity index (χ3n) is 3.60. The molecule has 1 nitrogen and oxygen atoms in total. The van der Waals surface area contributed by atoms with Gasteiger partial charge in [0.05, 0.1) is 0 Å². The summed E-state index contributed by atoms with van der Waals surface area (Å²) in [5.41, 5.74) is 0.342. The Morgan fingerprint density at radius 3 is 2.42 bits per heavy atom. The van der Waals surface area contributed by atoms with Gasteiger partial charge in [-0.2, -0.15) is 0 Å². The smallest absolute Gasteiger partial charge is 0.0451 e. The molecule has 0 radical (unpaired) electrons. The summed E-state index contributed by atoms with van der Waals surface area (Å²) in [5, 5.41) is 0. The maximum absolute atomic E-state index is 2.46. The van der Waals surface area contributed by atoms with Crippen molar-refractivity contribution in [3.63, 3.8) is 0 Å². The first kappa shape index (κ1) is 9.63. The molecule has 1 heteroatoms. The van der Waals surface area contributed by atoms with Crippen LogP contribution in [0.4, 0.5) is 0 Å². The van der Waals surface area contributed by atoms with Gasteiger partial charge >= 0.3 is 0 Å². The minimum Gasteiger partial charge on any atom is -0.372 e. The van der Waals surface area contributed by atoms with E-state index < -0.39 is 0 Å². The van der Waals surface area contributed by atoms with E-state index in [-0.39, 0.29) is 0 Å². The first-order valence-corrected chi connectivity index (χ1v) is 4.98. The van der Waals surface area contributed by atoms with Crippen molar-refractivity contribution in [1.29, 1.82) is 0 Å². The van der Waals surface area contributed by atoms with Crippen molar-refractivity contribution in [1.82, 2.24) is 4.90 Å².